The summed E-state index contributed by atoms with van der Waals surface area (Å²) in [6.45, 7) is 3.06. The van der Waals surface area contributed by atoms with Crippen LogP contribution in [-0.4, -0.2) is 47.9 Å². The topological polar surface area (TPSA) is 61.4 Å². The first-order chi connectivity index (χ1) is 9.13. The Morgan fingerprint density at radius 2 is 2.00 bits per heavy atom. The smallest absolute Gasteiger partial charge is 0.242 e. The third-order valence-corrected chi connectivity index (χ3v) is 4.85. The van der Waals surface area contributed by atoms with Gasteiger partial charge in [-0.15, -0.1) is 0 Å². The Morgan fingerprint density at radius 1 is 1.32 bits per heavy atom. The molecule has 0 aromatic heterocycles. The molecule has 2 N–H and O–H groups in total. The van der Waals surface area contributed by atoms with E-state index in [2.05, 4.69) is 10.6 Å². The van der Waals surface area contributed by atoms with Gasteiger partial charge in [0.15, 0.2) is 0 Å². The normalized spacial score (nSPS) is 38.2. The van der Waals surface area contributed by atoms with Crippen molar-refractivity contribution in [1.82, 2.24) is 15.5 Å². The zero-order valence-corrected chi connectivity index (χ0v) is 11.5. The van der Waals surface area contributed by atoms with Gasteiger partial charge in [-0.25, -0.2) is 0 Å². The highest BCUT2D eigenvalue weighted by Crippen LogP contribution is 2.33. The predicted octanol–water partition coefficient (Wildman–Crippen LogP) is 0.254. The van der Waals surface area contributed by atoms with Gasteiger partial charge < -0.3 is 15.5 Å². The third kappa shape index (κ3) is 2.61. The Labute approximate surface area is 114 Å². The number of nitrogens with zero attached hydrogens (tertiary/aromatic N) is 1. The Bertz CT molecular complexity index is 373. The molecular weight excluding hydrogens is 242 g/mol. The number of piperidine rings is 1. The van der Waals surface area contributed by atoms with Crippen LogP contribution in [0.1, 0.15) is 39.0 Å². The number of rotatable bonds is 2. The van der Waals surface area contributed by atoms with Crippen molar-refractivity contribution < 1.29 is 9.59 Å². The largest absolute Gasteiger partial charge is 0.353 e. The highest BCUT2D eigenvalue weighted by molar-refractivity contribution is 5.88. The van der Waals surface area contributed by atoms with E-state index in [1.54, 1.807) is 4.90 Å². The van der Waals surface area contributed by atoms with Crippen molar-refractivity contribution in [3.05, 3.63) is 0 Å². The number of carbonyl (C=O) groups excluding carboxylic acids is 2. The second kappa shape index (κ2) is 5.12. The Balaban J connectivity index is 1.57. The van der Waals surface area contributed by atoms with E-state index in [1.165, 1.54) is 12.8 Å². The van der Waals surface area contributed by atoms with E-state index in [9.17, 15) is 9.59 Å². The van der Waals surface area contributed by atoms with Gasteiger partial charge in [0, 0.05) is 31.6 Å². The summed E-state index contributed by atoms with van der Waals surface area (Å²) in [5.41, 5.74) is 0. The first-order valence-corrected chi connectivity index (χ1v) is 7.46. The molecule has 3 unspecified atom stereocenters. The minimum atomic E-state index is -0.306. The molecule has 3 aliphatic rings. The molecule has 2 amide bonds. The van der Waals surface area contributed by atoms with Gasteiger partial charge in [0.2, 0.25) is 11.8 Å². The predicted molar refractivity (Wildman–Crippen MR) is 71.5 cm³/mol. The number of hydrogen-bond acceptors (Lipinski definition) is 3. The van der Waals surface area contributed by atoms with Crippen LogP contribution in [0.3, 0.4) is 0 Å². The Morgan fingerprint density at radius 3 is 2.68 bits per heavy atom. The van der Waals surface area contributed by atoms with Crippen LogP contribution in [0.15, 0.2) is 0 Å². The van der Waals surface area contributed by atoms with E-state index < -0.39 is 0 Å². The van der Waals surface area contributed by atoms with Crippen molar-refractivity contribution in [2.24, 2.45) is 5.92 Å². The lowest BCUT2D eigenvalue weighted by Gasteiger charge is -2.35. The van der Waals surface area contributed by atoms with Crippen LogP contribution in [0.25, 0.3) is 0 Å². The van der Waals surface area contributed by atoms with E-state index in [-0.39, 0.29) is 17.9 Å². The maximum absolute atomic E-state index is 12.4. The molecule has 3 saturated heterocycles. The van der Waals surface area contributed by atoms with E-state index in [0.717, 1.165) is 12.8 Å². The van der Waals surface area contributed by atoms with Crippen molar-refractivity contribution in [3.63, 3.8) is 0 Å². The van der Waals surface area contributed by atoms with Gasteiger partial charge in [-0.1, -0.05) is 0 Å². The molecule has 0 radical (unpaired) electrons. The number of amides is 2. The highest BCUT2D eigenvalue weighted by atomic mass is 16.2. The zero-order chi connectivity index (χ0) is 13.4. The van der Waals surface area contributed by atoms with Gasteiger partial charge >= 0.3 is 0 Å². The fourth-order valence-electron chi connectivity index (χ4n) is 3.83. The minimum Gasteiger partial charge on any atom is -0.353 e. The molecule has 3 fully saturated rings. The van der Waals surface area contributed by atoms with E-state index in [1.807, 2.05) is 6.92 Å². The second-order valence-corrected chi connectivity index (χ2v) is 6.23. The minimum absolute atomic E-state index is 0.0232. The van der Waals surface area contributed by atoms with Crippen LogP contribution < -0.4 is 10.6 Å². The average molecular weight is 265 g/mol. The maximum atomic E-state index is 12.4. The van der Waals surface area contributed by atoms with Crippen LogP contribution in [0.4, 0.5) is 0 Å². The monoisotopic (exact) mass is 265 g/mol. The first kappa shape index (κ1) is 12.9. The second-order valence-electron chi connectivity index (χ2n) is 6.23. The van der Waals surface area contributed by atoms with Crippen molar-refractivity contribution in [1.29, 1.82) is 0 Å². The average Bonchev–Trinajstić information content (AvgIpc) is 2.72. The van der Waals surface area contributed by atoms with Crippen LogP contribution >= 0.6 is 0 Å². The molecule has 2 bridgehead atoms. The van der Waals surface area contributed by atoms with E-state index >= 15 is 0 Å². The van der Waals surface area contributed by atoms with Crippen molar-refractivity contribution in [3.8, 4) is 0 Å². The molecule has 0 aliphatic carbocycles. The summed E-state index contributed by atoms with van der Waals surface area (Å²) in [5, 5.41) is 6.40. The summed E-state index contributed by atoms with van der Waals surface area (Å²) >= 11 is 0. The van der Waals surface area contributed by atoms with E-state index in [4.69, 9.17) is 0 Å². The van der Waals surface area contributed by atoms with Crippen LogP contribution in [0, 0.1) is 5.92 Å². The Hall–Kier alpha value is -1.10. The molecule has 106 valence electrons. The fraction of sp³-hybridized carbons (Fsp3) is 0.857. The van der Waals surface area contributed by atoms with Crippen LogP contribution in [-0.2, 0) is 9.59 Å². The summed E-state index contributed by atoms with van der Waals surface area (Å²) in [6.07, 6.45) is 5.38. The maximum Gasteiger partial charge on any atom is 0.242 e. The number of nitrogens with one attached hydrogen (secondary N) is 2. The zero-order valence-electron chi connectivity index (χ0n) is 11.5. The molecule has 3 atom stereocenters. The van der Waals surface area contributed by atoms with Gasteiger partial charge in [0.05, 0.1) is 0 Å². The molecule has 0 spiro atoms. The molecule has 0 aromatic rings. The fourth-order valence-corrected chi connectivity index (χ4v) is 3.83. The number of piperazine rings is 1. The molecule has 19 heavy (non-hydrogen) atoms. The Kier molecular flexibility index (Phi) is 3.48. The number of fused-ring (bicyclic) bond motifs is 2. The first-order valence-electron chi connectivity index (χ1n) is 7.46. The molecule has 3 heterocycles. The van der Waals surface area contributed by atoms with Gasteiger partial charge in [0.1, 0.15) is 6.04 Å². The van der Waals surface area contributed by atoms with Crippen LogP contribution in [0.5, 0.6) is 0 Å². The standard InChI is InChI=1S/C14H23N3O2/c1-9-14(19)15-4-5-17(9)13(18)8-10-6-11-2-3-12(7-10)16-11/h9-12,16H,2-8H2,1H3,(H,15,19). The summed E-state index contributed by atoms with van der Waals surface area (Å²) in [5.74, 6) is 0.641. The summed E-state index contributed by atoms with van der Waals surface area (Å²) in [4.78, 5) is 25.7. The van der Waals surface area contributed by atoms with Gasteiger partial charge in [-0.05, 0) is 38.5 Å². The van der Waals surface area contributed by atoms with Gasteiger partial charge in [0.25, 0.3) is 0 Å². The lowest BCUT2D eigenvalue weighted by atomic mass is 9.89. The van der Waals surface area contributed by atoms with Crippen LogP contribution in [0.2, 0.25) is 0 Å². The number of hydrogen-bond donors (Lipinski definition) is 2. The molecule has 5 heteroatoms. The van der Waals surface area contributed by atoms with E-state index in [0.29, 0.717) is 37.5 Å². The third-order valence-electron chi connectivity index (χ3n) is 4.85. The number of carbonyl (C=O) groups is 2. The molecule has 5 nitrogen and oxygen atoms in total. The molecule has 3 rings (SSSR count). The molecule has 0 aromatic carbocycles. The molecule has 0 saturated carbocycles. The summed E-state index contributed by atoms with van der Waals surface area (Å²) < 4.78 is 0. The quantitative estimate of drug-likeness (QED) is 0.752. The van der Waals surface area contributed by atoms with Gasteiger partial charge in [-0.2, -0.15) is 0 Å². The van der Waals surface area contributed by atoms with Crippen molar-refractivity contribution in [2.45, 2.75) is 57.2 Å². The molecular formula is C14H23N3O2. The summed E-state index contributed by atoms with van der Waals surface area (Å²) in [6, 6.07) is 0.942. The summed E-state index contributed by atoms with van der Waals surface area (Å²) in [7, 11) is 0. The van der Waals surface area contributed by atoms with Crippen molar-refractivity contribution in [2.75, 3.05) is 13.1 Å². The lowest BCUT2D eigenvalue weighted by molar-refractivity contribution is -0.143. The highest BCUT2D eigenvalue weighted by Gasteiger charge is 2.36. The molecule has 3 aliphatic heterocycles. The lowest BCUT2D eigenvalue weighted by Crippen LogP contribution is -2.56. The van der Waals surface area contributed by atoms with Gasteiger partial charge in [-0.3, -0.25) is 9.59 Å². The van der Waals surface area contributed by atoms with Crippen molar-refractivity contribution >= 4 is 11.8 Å². The SMILES string of the molecule is CC1C(=O)NCCN1C(=O)CC1CC2CCC(C1)N2.